The van der Waals surface area contributed by atoms with Gasteiger partial charge in [0.05, 0.1) is 15.9 Å². The molecule has 1 heterocycles. The Kier molecular flexibility index (Phi) is 4.31. The lowest BCUT2D eigenvalue weighted by Gasteiger charge is -2.20. The van der Waals surface area contributed by atoms with Crippen LogP contribution in [-0.4, -0.2) is 29.0 Å². The highest BCUT2D eigenvalue weighted by molar-refractivity contribution is 7.89. The standard InChI is InChI=1S/C19H25N3O4S/c1-19(10-11-19)20-27(25,26)14-8-9-15-16(12-14)22(18(24)21(15)2)17(23)13-6-4-3-5-7-13/h8-9,12-13,20H,3-7,10-11H2,1-2H3. The minimum Gasteiger partial charge on any atom is -0.295 e. The van der Waals surface area contributed by atoms with Crippen LogP contribution < -0.4 is 10.4 Å². The van der Waals surface area contributed by atoms with Crippen molar-refractivity contribution >= 4 is 27.0 Å². The molecular weight excluding hydrogens is 366 g/mol. The summed E-state index contributed by atoms with van der Waals surface area (Å²) in [7, 11) is -2.10. The van der Waals surface area contributed by atoms with Gasteiger partial charge in [-0.25, -0.2) is 22.5 Å². The molecule has 0 saturated heterocycles. The van der Waals surface area contributed by atoms with Gasteiger partial charge < -0.3 is 0 Å². The average molecular weight is 391 g/mol. The fourth-order valence-corrected chi connectivity index (χ4v) is 5.39. The number of sulfonamides is 1. The summed E-state index contributed by atoms with van der Waals surface area (Å²) >= 11 is 0. The molecule has 146 valence electrons. The van der Waals surface area contributed by atoms with Crippen molar-refractivity contribution in [3.05, 3.63) is 28.7 Å². The number of carbonyl (C=O) groups is 1. The van der Waals surface area contributed by atoms with Gasteiger partial charge in [0.2, 0.25) is 15.9 Å². The Morgan fingerprint density at radius 3 is 2.44 bits per heavy atom. The Morgan fingerprint density at radius 1 is 1.15 bits per heavy atom. The number of nitrogens with one attached hydrogen (secondary N) is 1. The number of aryl methyl sites for hydroxylation is 1. The zero-order valence-corrected chi connectivity index (χ0v) is 16.5. The molecule has 2 aliphatic rings. The molecule has 4 rings (SSSR count). The van der Waals surface area contributed by atoms with E-state index in [-0.39, 0.29) is 22.3 Å². The first-order chi connectivity index (χ1) is 12.7. The van der Waals surface area contributed by atoms with Gasteiger partial charge >= 0.3 is 5.69 Å². The maximum Gasteiger partial charge on any atom is 0.335 e. The summed E-state index contributed by atoms with van der Waals surface area (Å²) in [4.78, 5) is 25.8. The molecule has 1 N–H and O–H groups in total. The number of nitrogens with zero attached hydrogens (tertiary/aromatic N) is 2. The number of imidazole rings is 1. The molecule has 0 bridgehead atoms. The lowest BCUT2D eigenvalue weighted by atomic mass is 9.88. The van der Waals surface area contributed by atoms with Crippen LogP contribution in [0.2, 0.25) is 0 Å². The maximum atomic E-state index is 13.0. The Hall–Kier alpha value is -1.93. The first-order valence-corrected chi connectivity index (χ1v) is 11.0. The van der Waals surface area contributed by atoms with Crippen LogP contribution in [-0.2, 0) is 17.1 Å². The average Bonchev–Trinajstić information content (AvgIpc) is 3.31. The minimum absolute atomic E-state index is 0.0823. The monoisotopic (exact) mass is 391 g/mol. The van der Waals surface area contributed by atoms with Crippen molar-refractivity contribution in [3.8, 4) is 0 Å². The van der Waals surface area contributed by atoms with E-state index in [2.05, 4.69) is 4.72 Å². The summed E-state index contributed by atoms with van der Waals surface area (Å²) in [5.74, 6) is -0.396. The van der Waals surface area contributed by atoms with Crippen molar-refractivity contribution in [1.29, 1.82) is 0 Å². The molecule has 7 nitrogen and oxygen atoms in total. The molecule has 0 spiro atoms. The van der Waals surface area contributed by atoms with Gasteiger partial charge in [0.25, 0.3) is 0 Å². The predicted octanol–water partition coefficient (Wildman–Crippen LogP) is 2.39. The highest BCUT2D eigenvalue weighted by Gasteiger charge is 2.41. The summed E-state index contributed by atoms with van der Waals surface area (Å²) in [6.45, 7) is 1.87. The van der Waals surface area contributed by atoms with E-state index in [0.717, 1.165) is 44.9 Å². The zero-order chi connectivity index (χ0) is 19.4. The van der Waals surface area contributed by atoms with Gasteiger partial charge in [-0.3, -0.25) is 9.36 Å². The largest absolute Gasteiger partial charge is 0.335 e. The lowest BCUT2D eigenvalue weighted by molar-refractivity contribution is 0.0802. The molecule has 0 atom stereocenters. The number of fused-ring (bicyclic) bond motifs is 1. The van der Waals surface area contributed by atoms with Crippen LogP contribution in [0.25, 0.3) is 11.0 Å². The third-order valence-electron chi connectivity index (χ3n) is 5.89. The van der Waals surface area contributed by atoms with Gasteiger partial charge in [-0.05, 0) is 50.8 Å². The molecule has 0 radical (unpaired) electrons. The SMILES string of the molecule is Cn1c(=O)n(C(=O)C2CCCCC2)c2cc(S(=O)(=O)NC3(C)CC3)ccc21. The summed E-state index contributed by atoms with van der Waals surface area (Å²) < 4.78 is 30.7. The molecule has 2 aromatic rings. The van der Waals surface area contributed by atoms with Crippen molar-refractivity contribution in [3.63, 3.8) is 0 Å². The third kappa shape index (κ3) is 3.25. The number of aromatic nitrogens is 2. The number of benzene rings is 1. The Labute approximate surface area is 158 Å². The number of carbonyl (C=O) groups excluding carboxylic acids is 1. The van der Waals surface area contributed by atoms with E-state index in [1.807, 2.05) is 6.92 Å². The molecule has 8 heteroatoms. The molecule has 0 amide bonds. The van der Waals surface area contributed by atoms with E-state index in [1.165, 1.54) is 21.3 Å². The molecule has 27 heavy (non-hydrogen) atoms. The van der Waals surface area contributed by atoms with E-state index in [9.17, 15) is 18.0 Å². The Balaban J connectivity index is 1.80. The van der Waals surface area contributed by atoms with E-state index in [4.69, 9.17) is 0 Å². The molecule has 0 aliphatic heterocycles. The van der Waals surface area contributed by atoms with Crippen LogP contribution in [0.5, 0.6) is 0 Å². The van der Waals surface area contributed by atoms with Crippen molar-refractivity contribution in [2.75, 3.05) is 0 Å². The van der Waals surface area contributed by atoms with Crippen molar-refractivity contribution in [2.24, 2.45) is 13.0 Å². The minimum atomic E-state index is -3.70. The summed E-state index contributed by atoms with van der Waals surface area (Å²) in [6.07, 6.45) is 6.26. The van der Waals surface area contributed by atoms with Crippen LogP contribution in [0.4, 0.5) is 0 Å². The first kappa shape index (κ1) is 18.4. The molecule has 1 aromatic heterocycles. The molecular formula is C19H25N3O4S. The van der Waals surface area contributed by atoms with E-state index in [1.54, 1.807) is 13.1 Å². The van der Waals surface area contributed by atoms with Crippen molar-refractivity contribution in [2.45, 2.75) is 62.3 Å². The van der Waals surface area contributed by atoms with E-state index in [0.29, 0.717) is 11.0 Å². The normalized spacial score (nSPS) is 20.1. The fourth-order valence-electron chi connectivity index (χ4n) is 3.91. The third-order valence-corrected chi connectivity index (χ3v) is 7.53. The molecule has 0 unspecified atom stereocenters. The lowest BCUT2D eigenvalue weighted by Crippen LogP contribution is -2.34. The van der Waals surface area contributed by atoms with Gasteiger partial charge in [0.1, 0.15) is 0 Å². The Bertz CT molecular complexity index is 1070. The van der Waals surface area contributed by atoms with Crippen molar-refractivity contribution in [1.82, 2.24) is 13.9 Å². The summed E-state index contributed by atoms with van der Waals surface area (Å²) in [5.41, 5.74) is 0.113. The van der Waals surface area contributed by atoms with Gasteiger partial charge in [0, 0.05) is 18.5 Å². The van der Waals surface area contributed by atoms with E-state index >= 15 is 0 Å². The highest BCUT2D eigenvalue weighted by atomic mass is 32.2. The number of rotatable bonds is 4. The molecule has 2 fully saturated rings. The topological polar surface area (TPSA) is 90.2 Å². The smallest absolute Gasteiger partial charge is 0.295 e. The second-order valence-electron chi connectivity index (χ2n) is 8.17. The summed E-state index contributed by atoms with van der Waals surface area (Å²) in [6, 6.07) is 4.54. The van der Waals surface area contributed by atoms with Crippen LogP contribution in [0.3, 0.4) is 0 Å². The maximum absolute atomic E-state index is 13.0. The number of hydrogen-bond donors (Lipinski definition) is 1. The highest BCUT2D eigenvalue weighted by Crippen LogP contribution is 2.36. The van der Waals surface area contributed by atoms with Gasteiger partial charge in [-0.1, -0.05) is 19.3 Å². The zero-order valence-electron chi connectivity index (χ0n) is 15.7. The van der Waals surface area contributed by atoms with Gasteiger partial charge in [0.15, 0.2) is 0 Å². The molecule has 2 aliphatic carbocycles. The van der Waals surface area contributed by atoms with Crippen LogP contribution in [0, 0.1) is 5.92 Å². The van der Waals surface area contributed by atoms with E-state index < -0.39 is 15.7 Å². The predicted molar refractivity (Wildman–Crippen MR) is 102 cm³/mol. The summed E-state index contributed by atoms with van der Waals surface area (Å²) in [5, 5.41) is 0. The number of hydrogen-bond acceptors (Lipinski definition) is 4. The van der Waals surface area contributed by atoms with Crippen LogP contribution >= 0.6 is 0 Å². The second-order valence-corrected chi connectivity index (χ2v) is 9.85. The Morgan fingerprint density at radius 2 is 1.81 bits per heavy atom. The van der Waals surface area contributed by atoms with Gasteiger partial charge in [-0.15, -0.1) is 0 Å². The first-order valence-electron chi connectivity index (χ1n) is 9.52. The van der Waals surface area contributed by atoms with Crippen molar-refractivity contribution < 1.29 is 13.2 Å². The van der Waals surface area contributed by atoms with Crippen LogP contribution in [0.1, 0.15) is 56.7 Å². The van der Waals surface area contributed by atoms with Gasteiger partial charge in [-0.2, -0.15) is 0 Å². The quantitative estimate of drug-likeness (QED) is 0.866. The fraction of sp³-hybridized carbons (Fsp3) is 0.579. The molecule has 1 aromatic carbocycles. The second kappa shape index (κ2) is 6.31. The molecule has 2 saturated carbocycles. The van der Waals surface area contributed by atoms with Crippen LogP contribution in [0.15, 0.2) is 27.9 Å².